The topological polar surface area (TPSA) is 36.7 Å². The van der Waals surface area contributed by atoms with E-state index >= 15 is 0 Å². The highest BCUT2D eigenvalue weighted by molar-refractivity contribution is 5.70. The van der Waals surface area contributed by atoms with Gasteiger partial charge < -0.3 is 0 Å². The third kappa shape index (κ3) is 1.91. The molecule has 0 fully saturated rings. The van der Waals surface area contributed by atoms with Gasteiger partial charge in [0.15, 0.2) is 23.3 Å². The predicted octanol–water partition coefficient (Wildman–Crippen LogP) is 3.32. The van der Waals surface area contributed by atoms with E-state index in [9.17, 15) is 22.0 Å². The summed E-state index contributed by atoms with van der Waals surface area (Å²) in [6, 6.07) is 2.69. The highest BCUT2D eigenvalue weighted by atomic mass is 19.2. The molecular formula is C12H3F5N2. The van der Waals surface area contributed by atoms with Gasteiger partial charge in [-0.3, -0.25) is 4.98 Å². The Hall–Kier alpha value is -2.49. The molecular weight excluding hydrogens is 267 g/mol. The monoisotopic (exact) mass is 270 g/mol. The van der Waals surface area contributed by atoms with E-state index in [1.54, 1.807) is 6.07 Å². The Bertz CT molecular complexity index is 677. The van der Waals surface area contributed by atoms with Crippen molar-refractivity contribution in [2.45, 2.75) is 0 Å². The molecule has 0 amide bonds. The van der Waals surface area contributed by atoms with Gasteiger partial charge in [-0.15, -0.1) is 0 Å². The van der Waals surface area contributed by atoms with Crippen molar-refractivity contribution in [2.75, 3.05) is 0 Å². The Balaban J connectivity index is 2.88. The molecule has 2 aromatic rings. The highest BCUT2D eigenvalue weighted by Gasteiger charge is 2.27. The number of nitrogens with zero attached hydrogens (tertiary/aromatic N) is 2. The number of rotatable bonds is 1. The minimum atomic E-state index is -2.25. The molecule has 0 bridgehead atoms. The maximum atomic E-state index is 13.5. The quantitative estimate of drug-likeness (QED) is 0.453. The summed E-state index contributed by atoms with van der Waals surface area (Å²) < 4.78 is 66.1. The number of hydrogen-bond donors (Lipinski definition) is 0. The average molecular weight is 270 g/mol. The molecule has 0 aliphatic heterocycles. The van der Waals surface area contributed by atoms with Gasteiger partial charge in [0.1, 0.15) is 0 Å². The van der Waals surface area contributed by atoms with Crippen molar-refractivity contribution >= 4 is 0 Å². The van der Waals surface area contributed by atoms with Gasteiger partial charge in [0, 0.05) is 18.0 Å². The van der Waals surface area contributed by atoms with Gasteiger partial charge in [0.05, 0.1) is 17.2 Å². The molecule has 7 heteroatoms. The van der Waals surface area contributed by atoms with Gasteiger partial charge in [-0.25, -0.2) is 22.0 Å². The van der Waals surface area contributed by atoms with E-state index in [1.165, 1.54) is 0 Å². The van der Waals surface area contributed by atoms with Crippen LogP contribution in [0.5, 0.6) is 0 Å². The number of halogens is 5. The molecule has 0 radical (unpaired) electrons. The predicted molar refractivity (Wildman–Crippen MR) is 54.2 cm³/mol. The fourth-order valence-electron chi connectivity index (χ4n) is 1.53. The average Bonchev–Trinajstić information content (AvgIpc) is 2.44. The van der Waals surface area contributed by atoms with E-state index in [0.29, 0.717) is 0 Å². The summed E-state index contributed by atoms with van der Waals surface area (Å²) in [5, 5.41) is 8.77. The molecule has 0 unspecified atom stereocenters. The molecule has 0 N–H and O–H groups in total. The zero-order valence-electron chi connectivity index (χ0n) is 9.02. The summed E-state index contributed by atoms with van der Waals surface area (Å²) in [4.78, 5) is 3.51. The summed E-state index contributed by atoms with van der Waals surface area (Å²) in [6.45, 7) is 0. The Morgan fingerprint density at radius 1 is 0.895 bits per heavy atom. The van der Waals surface area contributed by atoms with Gasteiger partial charge in [-0.2, -0.15) is 5.26 Å². The van der Waals surface area contributed by atoms with Crippen LogP contribution in [0, 0.1) is 40.4 Å². The van der Waals surface area contributed by atoms with Crippen molar-refractivity contribution in [1.29, 1.82) is 5.26 Å². The summed E-state index contributed by atoms with van der Waals surface area (Å²) >= 11 is 0. The van der Waals surface area contributed by atoms with Crippen molar-refractivity contribution in [3.63, 3.8) is 0 Å². The minimum Gasteiger partial charge on any atom is -0.264 e. The first-order chi connectivity index (χ1) is 8.99. The second-order valence-corrected chi connectivity index (χ2v) is 3.48. The Labute approximate surface area is 103 Å². The number of nitriles is 1. The van der Waals surface area contributed by atoms with Gasteiger partial charge in [-0.05, 0) is 6.07 Å². The van der Waals surface area contributed by atoms with E-state index in [0.717, 1.165) is 18.5 Å². The summed E-state index contributed by atoms with van der Waals surface area (Å²) in [7, 11) is 0. The molecule has 0 aliphatic rings. The van der Waals surface area contributed by atoms with Gasteiger partial charge >= 0.3 is 0 Å². The van der Waals surface area contributed by atoms with Gasteiger partial charge in [-0.1, -0.05) is 0 Å². The lowest BCUT2D eigenvalue weighted by atomic mass is 10.0. The van der Waals surface area contributed by atoms with Crippen LogP contribution in [0.3, 0.4) is 0 Å². The van der Waals surface area contributed by atoms with Crippen LogP contribution in [-0.4, -0.2) is 4.98 Å². The molecule has 96 valence electrons. The standard InChI is InChI=1S/C12H3F5N2/c13-8-7(6-4-19-2-1-5(6)3-18)9(14)11(16)12(17)10(8)15/h1-2,4H. The number of benzene rings is 1. The number of pyridine rings is 1. The second-order valence-electron chi connectivity index (χ2n) is 3.48. The minimum absolute atomic E-state index is 0.252. The van der Waals surface area contributed by atoms with E-state index in [2.05, 4.69) is 4.98 Å². The zero-order valence-corrected chi connectivity index (χ0v) is 9.02. The molecule has 1 heterocycles. The first-order valence-corrected chi connectivity index (χ1v) is 4.85. The van der Waals surface area contributed by atoms with E-state index < -0.39 is 40.2 Å². The summed E-state index contributed by atoms with van der Waals surface area (Å²) in [5.74, 6) is -10.4. The van der Waals surface area contributed by atoms with Gasteiger partial charge in [0.25, 0.3) is 0 Å². The third-order valence-corrected chi connectivity index (χ3v) is 2.42. The first kappa shape index (κ1) is 13.0. The fraction of sp³-hybridized carbons (Fsp3) is 0. The Kier molecular flexibility index (Phi) is 3.17. The van der Waals surface area contributed by atoms with E-state index in [1.807, 2.05) is 0 Å². The highest BCUT2D eigenvalue weighted by Crippen LogP contribution is 2.32. The lowest BCUT2D eigenvalue weighted by Crippen LogP contribution is -2.05. The lowest BCUT2D eigenvalue weighted by Gasteiger charge is -2.09. The van der Waals surface area contributed by atoms with Crippen LogP contribution in [-0.2, 0) is 0 Å². The molecule has 19 heavy (non-hydrogen) atoms. The Morgan fingerprint density at radius 2 is 1.42 bits per heavy atom. The van der Waals surface area contributed by atoms with Crippen LogP contribution < -0.4 is 0 Å². The molecule has 1 aromatic heterocycles. The maximum absolute atomic E-state index is 13.5. The smallest absolute Gasteiger partial charge is 0.200 e. The van der Waals surface area contributed by atoms with Crippen molar-refractivity contribution in [3.05, 3.63) is 53.1 Å². The van der Waals surface area contributed by atoms with Crippen molar-refractivity contribution < 1.29 is 22.0 Å². The van der Waals surface area contributed by atoms with Crippen molar-refractivity contribution in [1.82, 2.24) is 4.98 Å². The molecule has 0 atom stereocenters. The van der Waals surface area contributed by atoms with Crippen LogP contribution in [0.2, 0.25) is 0 Å². The SMILES string of the molecule is N#Cc1ccncc1-c1c(F)c(F)c(F)c(F)c1F. The third-order valence-electron chi connectivity index (χ3n) is 2.42. The second kappa shape index (κ2) is 4.65. The van der Waals surface area contributed by atoms with Crippen LogP contribution in [0.25, 0.3) is 11.1 Å². The maximum Gasteiger partial charge on any atom is 0.200 e. The molecule has 2 nitrogen and oxygen atoms in total. The molecule has 0 saturated heterocycles. The molecule has 0 aliphatic carbocycles. The first-order valence-electron chi connectivity index (χ1n) is 4.85. The van der Waals surface area contributed by atoms with E-state index in [-0.39, 0.29) is 5.56 Å². The molecule has 0 saturated carbocycles. The van der Waals surface area contributed by atoms with Crippen LogP contribution >= 0.6 is 0 Å². The van der Waals surface area contributed by atoms with Gasteiger partial charge in [0.2, 0.25) is 5.82 Å². The van der Waals surface area contributed by atoms with Crippen LogP contribution in [0.15, 0.2) is 18.5 Å². The van der Waals surface area contributed by atoms with Crippen LogP contribution in [0.4, 0.5) is 22.0 Å². The molecule has 1 aromatic carbocycles. The lowest BCUT2D eigenvalue weighted by molar-refractivity contribution is 0.381. The van der Waals surface area contributed by atoms with Crippen LogP contribution in [0.1, 0.15) is 5.56 Å². The number of aromatic nitrogens is 1. The largest absolute Gasteiger partial charge is 0.264 e. The molecule has 0 spiro atoms. The summed E-state index contributed by atoms with van der Waals surface area (Å²) in [5.41, 5.74) is -1.88. The zero-order chi connectivity index (χ0) is 14.2. The Morgan fingerprint density at radius 3 is 1.95 bits per heavy atom. The van der Waals surface area contributed by atoms with Crippen molar-refractivity contribution in [3.8, 4) is 17.2 Å². The normalized spacial score (nSPS) is 10.3. The van der Waals surface area contributed by atoms with E-state index in [4.69, 9.17) is 5.26 Å². The van der Waals surface area contributed by atoms with Crippen molar-refractivity contribution in [2.24, 2.45) is 0 Å². The summed E-state index contributed by atoms with van der Waals surface area (Å²) in [6.07, 6.45) is 2.02. The fourth-order valence-corrected chi connectivity index (χ4v) is 1.53. The molecule has 2 rings (SSSR count). The number of hydrogen-bond acceptors (Lipinski definition) is 2.